The van der Waals surface area contributed by atoms with E-state index in [2.05, 4.69) is 41.1 Å². The van der Waals surface area contributed by atoms with Crippen LogP contribution in [-0.2, 0) is 17.8 Å². The molecule has 168 valence electrons. The van der Waals surface area contributed by atoms with Gasteiger partial charge < -0.3 is 9.32 Å². The largest absolute Gasteiger partial charge is 0.441 e. The van der Waals surface area contributed by atoms with Gasteiger partial charge in [0, 0.05) is 56.2 Å². The number of carbonyl (C=O) groups excluding carboxylic acids is 1. The SMILES string of the molecule is Cc1ccccc1CN1CCCN(C(=O)CCc2ncc(-c3ccc(Cl)cc3Cl)o2)CC1. The highest BCUT2D eigenvalue weighted by Crippen LogP contribution is 2.31. The van der Waals surface area contributed by atoms with E-state index in [9.17, 15) is 4.79 Å². The van der Waals surface area contributed by atoms with Gasteiger partial charge in [-0.2, -0.15) is 0 Å². The fourth-order valence-electron chi connectivity index (χ4n) is 4.02. The number of hydrogen-bond donors (Lipinski definition) is 0. The van der Waals surface area contributed by atoms with Crippen molar-refractivity contribution in [2.75, 3.05) is 26.2 Å². The third-order valence-corrected chi connectivity index (χ3v) is 6.45. The topological polar surface area (TPSA) is 49.6 Å². The van der Waals surface area contributed by atoms with E-state index in [4.69, 9.17) is 27.6 Å². The molecule has 2 aromatic carbocycles. The first-order chi connectivity index (χ1) is 15.5. The van der Waals surface area contributed by atoms with E-state index < -0.39 is 0 Å². The third-order valence-electron chi connectivity index (χ3n) is 5.90. The van der Waals surface area contributed by atoms with Crippen molar-refractivity contribution in [2.45, 2.75) is 32.7 Å². The quantitative estimate of drug-likeness (QED) is 0.467. The maximum atomic E-state index is 12.8. The fourth-order valence-corrected chi connectivity index (χ4v) is 4.52. The Kier molecular flexibility index (Phi) is 7.51. The molecule has 0 radical (unpaired) electrons. The molecule has 0 atom stereocenters. The lowest BCUT2D eigenvalue weighted by Crippen LogP contribution is -2.35. The van der Waals surface area contributed by atoms with Gasteiger partial charge in [0.15, 0.2) is 11.7 Å². The molecule has 3 aromatic rings. The monoisotopic (exact) mass is 471 g/mol. The molecular weight excluding hydrogens is 445 g/mol. The smallest absolute Gasteiger partial charge is 0.223 e. The van der Waals surface area contributed by atoms with Gasteiger partial charge in [-0.25, -0.2) is 4.98 Å². The van der Waals surface area contributed by atoms with Gasteiger partial charge in [-0.15, -0.1) is 0 Å². The minimum atomic E-state index is 0.145. The van der Waals surface area contributed by atoms with Gasteiger partial charge >= 0.3 is 0 Å². The second-order valence-corrected chi connectivity index (χ2v) is 9.02. The zero-order valence-corrected chi connectivity index (χ0v) is 19.7. The van der Waals surface area contributed by atoms with Crippen molar-refractivity contribution in [1.29, 1.82) is 0 Å². The number of nitrogens with zero attached hydrogens (tertiary/aromatic N) is 3. The number of carbonyl (C=O) groups is 1. The first-order valence-corrected chi connectivity index (χ1v) is 11.7. The summed E-state index contributed by atoms with van der Waals surface area (Å²) in [7, 11) is 0. The first kappa shape index (κ1) is 22.8. The molecule has 1 amide bonds. The highest BCUT2D eigenvalue weighted by molar-refractivity contribution is 6.36. The lowest BCUT2D eigenvalue weighted by Gasteiger charge is -2.22. The van der Waals surface area contributed by atoms with Gasteiger partial charge in [0.1, 0.15) is 0 Å². The molecular formula is C25H27Cl2N3O2. The Bertz CT molecular complexity index is 1080. The van der Waals surface area contributed by atoms with Crippen molar-refractivity contribution in [1.82, 2.24) is 14.8 Å². The molecule has 4 rings (SSSR count). The van der Waals surface area contributed by atoms with E-state index in [0.29, 0.717) is 34.5 Å². The molecule has 1 fully saturated rings. The summed E-state index contributed by atoms with van der Waals surface area (Å²) in [6.45, 7) is 6.52. The molecule has 2 heterocycles. The Morgan fingerprint density at radius 2 is 1.94 bits per heavy atom. The molecule has 32 heavy (non-hydrogen) atoms. The number of hydrogen-bond acceptors (Lipinski definition) is 4. The van der Waals surface area contributed by atoms with Gasteiger partial charge in [0.2, 0.25) is 5.91 Å². The van der Waals surface area contributed by atoms with Crippen molar-refractivity contribution in [2.24, 2.45) is 0 Å². The highest BCUT2D eigenvalue weighted by Gasteiger charge is 2.20. The summed E-state index contributed by atoms with van der Waals surface area (Å²) in [6, 6.07) is 13.7. The Labute approximate surface area is 198 Å². The molecule has 0 saturated carbocycles. The van der Waals surface area contributed by atoms with Gasteiger partial charge in [0.05, 0.1) is 11.2 Å². The van der Waals surface area contributed by atoms with Crippen LogP contribution in [0.1, 0.15) is 29.9 Å². The number of amides is 1. The molecule has 0 spiro atoms. The summed E-state index contributed by atoms with van der Waals surface area (Å²) in [6.07, 6.45) is 3.47. The predicted octanol–water partition coefficient (Wildman–Crippen LogP) is 5.62. The molecule has 1 aliphatic heterocycles. The van der Waals surface area contributed by atoms with Crippen LogP contribution in [0.3, 0.4) is 0 Å². The standard InChI is InChI=1S/C25H27Cl2N3O2/c1-18-5-2-3-6-19(18)17-29-11-4-12-30(14-13-29)25(31)10-9-24-28-16-23(32-24)21-8-7-20(26)15-22(21)27/h2-3,5-8,15-16H,4,9-14,17H2,1H3. The molecule has 0 bridgehead atoms. The maximum Gasteiger partial charge on any atom is 0.223 e. The molecule has 0 unspecified atom stereocenters. The molecule has 1 saturated heterocycles. The summed E-state index contributed by atoms with van der Waals surface area (Å²) in [4.78, 5) is 21.5. The second kappa shape index (κ2) is 10.5. The predicted molar refractivity (Wildman–Crippen MR) is 128 cm³/mol. The molecule has 0 N–H and O–H groups in total. The lowest BCUT2D eigenvalue weighted by molar-refractivity contribution is -0.131. The maximum absolute atomic E-state index is 12.8. The van der Waals surface area contributed by atoms with Gasteiger partial charge in [-0.3, -0.25) is 9.69 Å². The summed E-state index contributed by atoms with van der Waals surface area (Å²) in [5.41, 5.74) is 3.41. The van der Waals surface area contributed by atoms with Crippen molar-refractivity contribution >= 4 is 29.1 Å². The van der Waals surface area contributed by atoms with Crippen LogP contribution in [0.5, 0.6) is 0 Å². The van der Waals surface area contributed by atoms with Crippen LogP contribution in [0.25, 0.3) is 11.3 Å². The molecule has 7 heteroatoms. The Hall–Kier alpha value is -2.34. The van der Waals surface area contributed by atoms with Crippen LogP contribution in [-0.4, -0.2) is 46.9 Å². The number of aryl methyl sites for hydroxylation is 2. The van der Waals surface area contributed by atoms with E-state index in [1.165, 1.54) is 11.1 Å². The minimum absolute atomic E-state index is 0.145. The Morgan fingerprint density at radius 1 is 1.09 bits per heavy atom. The molecule has 0 aliphatic carbocycles. The van der Waals surface area contributed by atoms with Crippen LogP contribution < -0.4 is 0 Å². The number of oxazole rings is 1. The van der Waals surface area contributed by atoms with E-state index in [1.54, 1.807) is 24.4 Å². The highest BCUT2D eigenvalue weighted by atomic mass is 35.5. The average molecular weight is 472 g/mol. The van der Waals surface area contributed by atoms with E-state index in [0.717, 1.165) is 44.7 Å². The summed E-state index contributed by atoms with van der Waals surface area (Å²) >= 11 is 12.2. The number of halogens is 2. The first-order valence-electron chi connectivity index (χ1n) is 10.9. The second-order valence-electron chi connectivity index (χ2n) is 8.18. The zero-order valence-electron chi connectivity index (χ0n) is 18.2. The average Bonchev–Trinajstić information content (AvgIpc) is 3.11. The summed E-state index contributed by atoms with van der Waals surface area (Å²) in [5, 5.41) is 1.08. The minimum Gasteiger partial charge on any atom is -0.441 e. The lowest BCUT2D eigenvalue weighted by atomic mass is 10.1. The normalized spacial score (nSPS) is 15.0. The van der Waals surface area contributed by atoms with Crippen molar-refractivity contribution < 1.29 is 9.21 Å². The van der Waals surface area contributed by atoms with Gasteiger partial charge in [-0.05, 0) is 42.7 Å². The Balaban J connectivity index is 1.29. The Morgan fingerprint density at radius 3 is 2.75 bits per heavy atom. The number of aromatic nitrogens is 1. The van der Waals surface area contributed by atoms with Gasteiger partial charge in [-0.1, -0.05) is 47.5 Å². The van der Waals surface area contributed by atoms with Crippen LogP contribution in [0.4, 0.5) is 0 Å². The molecule has 1 aromatic heterocycles. The van der Waals surface area contributed by atoms with Crippen molar-refractivity contribution in [3.8, 4) is 11.3 Å². The summed E-state index contributed by atoms with van der Waals surface area (Å²) < 4.78 is 5.83. The van der Waals surface area contributed by atoms with Crippen LogP contribution in [0, 0.1) is 6.92 Å². The molecule has 5 nitrogen and oxygen atoms in total. The van der Waals surface area contributed by atoms with Crippen LogP contribution in [0.15, 0.2) is 53.1 Å². The fraction of sp³-hybridized carbons (Fsp3) is 0.360. The van der Waals surface area contributed by atoms with E-state index in [1.807, 2.05) is 4.90 Å². The van der Waals surface area contributed by atoms with Gasteiger partial charge in [0.25, 0.3) is 0 Å². The van der Waals surface area contributed by atoms with E-state index in [-0.39, 0.29) is 5.91 Å². The van der Waals surface area contributed by atoms with Crippen molar-refractivity contribution in [3.05, 3.63) is 75.7 Å². The van der Waals surface area contributed by atoms with E-state index >= 15 is 0 Å². The van der Waals surface area contributed by atoms with Crippen molar-refractivity contribution in [3.63, 3.8) is 0 Å². The number of benzene rings is 2. The number of rotatable bonds is 6. The van der Waals surface area contributed by atoms with Crippen LogP contribution >= 0.6 is 23.2 Å². The summed E-state index contributed by atoms with van der Waals surface area (Å²) in [5.74, 6) is 1.26. The molecule has 1 aliphatic rings. The van der Waals surface area contributed by atoms with Crippen LogP contribution in [0.2, 0.25) is 10.0 Å². The third kappa shape index (κ3) is 5.71. The zero-order chi connectivity index (χ0) is 22.5.